The molecule has 1 N–H and O–H groups in total. The molecule has 0 aliphatic carbocycles. The lowest BCUT2D eigenvalue weighted by Crippen LogP contribution is -2.14. The molecule has 0 amide bonds. The van der Waals surface area contributed by atoms with Crippen molar-refractivity contribution in [2.45, 2.75) is 32.9 Å². The van der Waals surface area contributed by atoms with Crippen molar-refractivity contribution in [1.29, 1.82) is 0 Å². The molecule has 1 aliphatic heterocycles. The van der Waals surface area contributed by atoms with Gasteiger partial charge in [-0.1, -0.05) is 42.5 Å². The van der Waals surface area contributed by atoms with Gasteiger partial charge in [-0.3, -0.25) is 0 Å². The molecular formula is C17H19N. The van der Waals surface area contributed by atoms with Gasteiger partial charge in [0.15, 0.2) is 0 Å². The van der Waals surface area contributed by atoms with E-state index in [2.05, 4.69) is 61.6 Å². The van der Waals surface area contributed by atoms with Crippen molar-refractivity contribution in [3.8, 4) is 0 Å². The van der Waals surface area contributed by atoms with Crippen LogP contribution in [0.4, 0.5) is 0 Å². The fourth-order valence-corrected chi connectivity index (χ4v) is 2.73. The highest BCUT2D eigenvalue weighted by atomic mass is 14.9. The number of benzene rings is 2. The van der Waals surface area contributed by atoms with E-state index in [0.717, 1.165) is 13.0 Å². The van der Waals surface area contributed by atoms with Crippen molar-refractivity contribution < 1.29 is 0 Å². The van der Waals surface area contributed by atoms with Gasteiger partial charge in [0.1, 0.15) is 0 Å². The van der Waals surface area contributed by atoms with Gasteiger partial charge in [0, 0.05) is 12.6 Å². The second-order valence-corrected chi connectivity index (χ2v) is 5.26. The third-order valence-corrected chi connectivity index (χ3v) is 3.98. The van der Waals surface area contributed by atoms with Gasteiger partial charge in [0.25, 0.3) is 0 Å². The molecule has 2 aromatic carbocycles. The van der Waals surface area contributed by atoms with Crippen molar-refractivity contribution in [2.75, 3.05) is 0 Å². The van der Waals surface area contributed by atoms with E-state index < -0.39 is 0 Å². The summed E-state index contributed by atoms with van der Waals surface area (Å²) < 4.78 is 0. The first-order valence-corrected chi connectivity index (χ1v) is 6.61. The molecule has 1 nitrogen and oxygen atoms in total. The minimum absolute atomic E-state index is 0.475. The molecule has 3 rings (SSSR count). The molecule has 0 bridgehead atoms. The van der Waals surface area contributed by atoms with E-state index in [0.29, 0.717) is 6.04 Å². The van der Waals surface area contributed by atoms with Gasteiger partial charge in [0.05, 0.1) is 0 Å². The van der Waals surface area contributed by atoms with Crippen molar-refractivity contribution >= 4 is 0 Å². The van der Waals surface area contributed by atoms with Crippen LogP contribution < -0.4 is 5.32 Å². The van der Waals surface area contributed by atoms with Crippen molar-refractivity contribution in [3.05, 3.63) is 70.3 Å². The minimum atomic E-state index is 0.475. The van der Waals surface area contributed by atoms with Crippen LogP contribution in [0.15, 0.2) is 42.5 Å². The maximum absolute atomic E-state index is 3.60. The van der Waals surface area contributed by atoms with Gasteiger partial charge in [-0.15, -0.1) is 0 Å². The third kappa shape index (κ3) is 2.06. The summed E-state index contributed by atoms with van der Waals surface area (Å²) in [5.41, 5.74) is 7.10. The smallest absolute Gasteiger partial charge is 0.0367 e. The summed E-state index contributed by atoms with van der Waals surface area (Å²) in [6, 6.07) is 16.0. The predicted octanol–water partition coefficient (Wildman–Crippen LogP) is 3.69. The Bertz CT molecular complexity index is 572. The molecule has 0 aromatic heterocycles. The monoisotopic (exact) mass is 237 g/mol. The topological polar surface area (TPSA) is 12.0 Å². The molecule has 0 spiro atoms. The lowest BCUT2D eigenvalue weighted by Gasteiger charge is -2.13. The van der Waals surface area contributed by atoms with Crippen molar-refractivity contribution in [2.24, 2.45) is 0 Å². The Labute approximate surface area is 109 Å². The van der Waals surface area contributed by atoms with E-state index in [1.54, 1.807) is 0 Å². The summed E-state index contributed by atoms with van der Waals surface area (Å²) in [4.78, 5) is 0. The van der Waals surface area contributed by atoms with E-state index in [-0.39, 0.29) is 0 Å². The highest BCUT2D eigenvalue weighted by Gasteiger charge is 2.21. The zero-order valence-electron chi connectivity index (χ0n) is 11.0. The Morgan fingerprint density at radius 3 is 2.72 bits per heavy atom. The summed E-state index contributed by atoms with van der Waals surface area (Å²) in [5.74, 6) is 0. The molecule has 0 saturated carbocycles. The van der Waals surface area contributed by atoms with Crippen LogP contribution in [-0.4, -0.2) is 0 Å². The van der Waals surface area contributed by atoms with Gasteiger partial charge in [0.2, 0.25) is 0 Å². The second-order valence-electron chi connectivity index (χ2n) is 5.26. The summed E-state index contributed by atoms with van der Waals surface area (Å²) in [5, 5.41) is 3.60. The molecule has 0 radical (unpaired) electrons. The van der Waals surface area contributed by atoms with Gasteiger partial charge in [-0.2, -0.15) is 0 Å². The zero-order valence-corrected chi connectivity index (χ0v) is 11.0. The molecule has 1 aliphatic rings. The molecule has 1 unspecified atom stereocenters. The fourth-order valence-electron chi connectivity index (χ4n) is 2.73. The molecule has 0 saturated heterocycles. The molecule has 1 heteroatoms. The Morgan fingerprint density at radius 1 is 1.06 bits per heavy atom. The molecule has 1 heterocycles. The Morgan fingerprint density at radius 2 is 1.89 bits per heavy atom. The first kappa shape index (κ1) is 11.5. The largest absolute Gasteiger partial charge is 0.306 e. The number of rotatable bonds is 2. The number of hydrogen-bond acceptors (Lipinski definition) is 1. The van der Waals surface area contributed by atoms with E-state index in [1.165, 1.54) is 27.8 Å². The maximum atomic E-state index is 3.60. The van der Waals surface area contributed by atoms with Crippen LogP contribution in [0.1, 0.15) is 33.9 Å². The summed E-state index contributed by atoms with van der Waals surface area (Å²) in [6.07, 6.45) is 1.08. The average molecular weight is 237 g/mol. The van der Waals surface area contributed by atoms with Crippen molar-refractivity contribution in [1.82, 2.24) is 5.32 Å². The number of nitrogens with one attached hydrogen (secondary N) is 1. The lowest BCUT2D eigenvalue weighted by atomic mass is 9.97. The molecule has 18 heavy (non-hydrogen) atoms. The van der Waals surface area contributed by atoms with E-state index in [4.69, 9.17) is 0 Å². The highest BCUT2D eigenvalue weighted by molar-refractivity contribution is 5.36. The normalized spacial score (nSPS) is 17.8. The maximum Gasteiger partial charge on any atom is 0.0367 e. The van der Waals surface area contributed by atoms with Gasteiger partial charge >= 0.3 is 0 Å². The van der Waals surface area contributed by atoms with E-state index in [1.807, 2.05) is 0 Å². The number of aryl methyl sites for hydroxylation is 2. The molecule has 92 valence electrons. The standard InChI is InChI=1S/C17H19N/c1-12-7-8-14(9-13(12)2)10-17-16-6-4-3-5-15(16)11-18-17/h3-9,17-18H,10-11H2,1-2H3. The average Bonchev–Trinajstić information content (AvgIpc) is 2.78. The number of fused-ring (bicyclic) bond motifs is 1. The van der Waals surface area contributed by atoms with E-state index >= 15 is 0 Å². The van der Waals surface area contributed by atoms with Gasteiger partial charge < -0.3 is 5.32 Å². The first-order chi connectivity index (χ1) is 8.74. The Kier molecular flexibility index (Phi) is 2.92. The number of hydrogen-bond donors (Lipinski definition) is 1. The third-order valence-electron chi connectivity index (χ3n) is 3.98. The fraction of sp³-hybridized carbons (Fsp3) is 0.294. The van der Waals surface area contributed by atoms with Crippen LogP contribution in [-0.2, 0) is 13.0 Å². The molecular weight excluding hydrogens is 218 g/mol. The zero-order chi connectivity index (χ0) is 12.5. The summed E-state index contributed by atoms with van der Waals surface area (Å²) >= 11 is 0. The van der Waals surface area contributed by atoms with Crippen LogP contribution in [0.3, 0.4) is 0 Å². The van der Waals surface area contributed by atoms with Gasteiger partial charge in [-0.05, 0) is 48.1 Å². The highest BCUT2D eigenvalue weighted by Crippen LogP contribution is 2.28. The van der Waals surface area contributed by atoms with Crippen LogP contribution in [0.2, 0.25) is 0 Å². The van der Waals surface area contributed by atoms with Crippen molar-refractivity contribution in [3.63, 3.8) is 0 Å². The molecule has 0 fully saturated rings. The summed E-state index contributed by atoms with van der Waals surface area (Å²) in [7, 11) is 0. The molecule has 2 aromatic rings. The SMILES string of the molecule is Cc1ccc(CC2NCc3ccccc32)cc1C. The second kappa shape index (κ2) is 4.58. The first-order valence-electron chi connectivity index (χ1n) is 6.61. The molecule has 1 atom stereocenters. The van der Waals surface area contributed by atoms with Crippen LogP contribution >= 0.6 is 0 Å². The van der Waals surface area contributed by atoms with Gasteiger partial charge in [-0.25, -0.2) is 0 Å². The van der Waals surface area contributed by atoms with Crippen LogP contribution in [0.25, 0.3) is 0 Å². The minimum Gasteiger partial charge on any atom is -0.306 e. The Hall–Kier alpha value is -1.60. The van der Waals surface area contributed by atoms with Crippen LogP contribution in [0, 0.1) is 13.8 Å². The predicted molar refractivity (Wildman–Crippen MR) is 75.6 cm³/mol. The lowest BCUT2D eigenvalue weighted by molar-refractivity contribution is 0.581. The van der Waals surface area contributed by atoms with Crippen LogP contribution in [0.5, 0.6) is 0 Å². The van der Waals surface area contributed by atoms with E-state index in [9.17, 15) is 0 Å². The summed E-state index contributed by atoms with van der Waals surface area (Å²) in [6.45, 7) is 5.36. The quantitative estimate of drug-likeness (QED) is 0.840. The Balaban J connectivity index is 1.84.